The Bertz CT molecular complexity index is 325. The molecule has 3 heterocycles. The van der Waals surface area contributed by atoms with E-state index in [-0.39, 0.29) is 0 Å². The first-order chi connectivity index (χ1) is 7.43. The standard InChI is InChI=1S/C12H17N3/c1-2-11(8-13-5-1)15-7-4-10-3-6-14-12(10)9-15/h1-2,5,8,10,12,14H,3-4,6-7,9H2/t10-,12+/m1/s1. The number of piperidine rings is 1. The molecule has 2 aliphatic heterocycles. The highest BCUT2D eigenvalue weighted by atomic mass is 15.2. The zero-order valence-corrected chi connectivity index (χ0v) is 8.89. The molecule has 1 aromatic heterocycles. The van der Waals surface area contributed by atoms with E-state index in [1.165, 1.54) is 31.6 Å². The van der Waals surface area contributed by atoms with E-state index in [1.54, 1.807) is 0 Å². The van der Waals surface area contributed by atoms with Gasteiger partial charge in [0.25, 0.3) is 0 Å². The Balaban J connectivity index is 1.74. The van der Waals surface area contributed by atoms with Gasteiger partial charge in [-0.15, -0.1) is 0 Å². The maximum Gasteiger partial charge on any atom is 0.0553 e. The lowest BCUT2D eigenvalue weighted by Gasteiger charge is -2.36. The van der Waals surface area contributed by atoms with Crippen LogP contribution in [-0.2, 0) is 0 Å². The van der Waals surface area contributed by atoms with Gasteiger partial charge < -0.3 is 10.2 Å². The van der Waals surface area contributed by atoms with E-state index in [4.69, 9.17) is 0 Å². The maximum atomic E-state index is 4.18. The molecule has 0 amide bonds. The number of fused-ring (bicyclic) bond motifs is 1. The summed E-state index contributed by atoms with van der Waals surface area (Å²) in [6.45, 7) is 3.54. The molecule has 2 atom stereocenters. The van der Waals surface area contributed by atoms with Crippen molar-refractivity contribution in [2.24, 2.45) is 5.92 Å². The van der Waals surface area contributed by atoms with E-state index in [2.05, 4.69) is 21.3 Å². The van der Waals surface area contributed by atoms with Crippen molar-refractivity contribution in [3.05, 3.63) is 24.5 Å². The summed E-state index contributed by atoms with van der Waals surface area (Å²) in [5, 5.41) is 3.60. The van der Waals surface area contributed by atoms with Gasteiger partial charge in [0.05, 0.1) is 11.9 Å². The Labute approximate surface area is 90.5 Å². The molecular weight excluding hydrogens is 186 g/mol. The van der Waals surface area contributed by atoms with Gasteiger partial charge in [-0.05, 0) is 37.4 Å². The number of nitrogens with one attached hydrogen (secondary N) is 1. The van der Waals surface area contributed by atoms with Crippen LogP contribution in [-0.4, -0.2) is 30.7 Å². The average molecular weight is 203 g/mol. The first-order valence-corrected chi connectivity index (χ1v) is 5.82. The van der Waals surface area contributed by atoms with Gasteiger partial charge in [0.15, 0.2) is 0 Å². The lowest BCUT2D eigenvalue weighted by atomic mass is 9.92. The van der Waals surface area contributed by atoms with Crippen LogP contribution in [0.15, 0.2) is 24.5 Å². The van der Waals surface area contributed by atoms with Gasteiger partial charge in [-0.1, -0.05) is 0 Å². The summed E-state index contributed by atoms with van der Waals surface area (Å²) in [6.07, 6.45) is 6.50. The molecule has 0 saturated carbocycles. The third-order valence-electron chi connectivity index (χ3n) is 3.69. The molecule has 2 fully saturated rings. The first-order valence-electron chi connectivity index (χ1n) is 5.82. The summed E-state index contributed by atoms with van der Waals surface area (Å²) in [5.74, 6) is 0.915. The SMILES string of the molecule is c1cncc(N2CC[C@H]3CCN[C@H]3C2)c1. The van der Waals surface area contributed by atoms with Crippen molar-refractivity contribution >= 4 is 5.69 Å². The zero-order valence-electron chi connectivity index (χ0n) is 8.89. The summed E-state index contributed by atoms with van der Waals surface area (Å²) in [6, 6.07) is 4.88. The highest BCUT2D eigenvalue weighted by Gasteiger charge is 2.32. The third-order valence-corrected chi connectivity index (χ3v) is 3.69. The Hall–Kier alpha value is -1.09. The van der Waals surface area contributed by atoms with Crippen molar-refractivity contribution in [2.45, 2.75) is 18.9 Å². The molecule has 0 aliphatic carbocycles. The fourth-order valence-electron chi connectivity index (χ4n) is 2.81. The predicted molar refractivity (Wildman–Crippen MR) is 61.0 cm³/mol. The average Bonchev–Trinajstić information content (AvgIpc) is 2.77. The molecule has 0 bridgehead atoms. The molecule has 3 nitrogen and oxygen atoms in total. The molecule has 0 unspecified atom stereocenters. The summed E-state index contributed by atoms with van der Waals surface area (Å²) < 4.78 is 0. The number of aromatic nitrogens is 1. The number of pyridine rings is 1. The van der Waals surface area contributed by atoms with E-state index in [0.29, 0.717) is 6.04 Å². The predicted octanol–water partition coefficient (Wildman–Crippen LogP) is 1.27. The van der Waals surface area contributed by atoms with Crippen LogP contribution in [0.3, 0.4) is 0 Å². The smallest absolute Gasteiger partial charge is 0.0553 e. The highest BCUT2D eigenvalue weighted by Crippen LogP contribution is 2.27. The maximum absolute atomic E-state index is 4.18. The van der Waals surface area contributed by atoms with Gasteiger partial charge in [0.1, 0.15) is 0 Å². The molecular formula is C12H17N3. The monoisotopic (exact) mass is 203 g/mol. The summed E-state index contributed by atoms with van der Waals surface area (Å²) in [7, 11) is 0. The van der Waals surface area contributed by atoms with Crippen molar-refractivity contribution in [3.63, 3.8) is 0 Å². The van der Waals surface area contributed by atoms with Gasteiger partial charge >= 0.3 is 0 Å². The molecule has 3 heteroatoms. The topological polar surface area (TPSA) is 28.2 Å². The molecule has 1 aromatic rings. The first kappa shape index (κ1) is 9.16. The van der Waals surface area contributed by atoms with Crippen LogP contribution in [0.4, 0.5) is 5.69 Å². The van der Waals surface area contributed by atoms with Crippen LogP contribution in [0.5, 0.6) is 0 Å². The Morgan fingerprint density at radius 1 is 1.40 bits per heavy atom. The van der Waals surface area contributed by atoms with Gasteiger partial charge in [0.2, 0.25) is 0 Å². The summed E-state index contributed by atoms with van der Waals surface area (Å²) >= 11 is 0. The van der Waals surface area contributed by atoms with Gasteiger partial charge in [0, 0.05) is 25.3 Å². The molecule has 0 radical (unpaired) electrons. The van der Waals surface area contributed by atoms with Crippen LogP contribution in [0.25, 0.3) is 0 Å². The van der Waals surface area contributed by atoms with E-state index in [9.17, 15) is 0 Å². The minimum absolute atomic E-state index is 0.707. The Morgan fingerprint density at radius 3 is 3.27 bits per heavy atom. The van der Waals surface area contributed by atoms with Crippen LogP contribution >= 0.6 is 0 Å². The number of rotatable bonds is 1. The minimum Gasteiger partial charge on any atom is -0.369 e. The Kier molecular flexibility index (Phi) is 2.33. The highest BCUT2D eigenvalue weighted by molar-refractivity contribution is 5.44. The van der Waals surface area contributed by atoms with Crippen molar-refractivity contribution in [2.75, 3.05) is 24.5 Å². The molecule has 3 rings (SSSR count). The van der Waals surface area contributed by atoms with E-state index < -0.39 is 0 Å². The number of nitrogens with zero attached hydrogens (tertiary/aromatic N) is 2. The zero-order chi connectivity index (χ0) is 10.1. The molecule has 2 saturated heterocycles. The van der Waals surface area contributed by atoms with Crippen molar-refractivity contribution < 1.29 is 0 Å². The minimum atomic E-state index is 0.707. The van der Waals surface area contributed by atoms with Gasteiger partial charge in [-0.25, -0.2) is 0 Å². The third kappa shape index (κ3) is 1.72. The normalized spacial score (nSPS) is 30.3. The molecule has 0 spiro atoms. The molecule has 80 valence electrons. The second-order valence-electron chi connectivity index (χ2n) is 4.56. The number of hydrogen-bond donors (Lipinski definition) is 1. The number of anilines is 1. The van der Waals surface area contributed by atoms with Crippen LogP contribution in [0.2, 0.25) is 0 Å². The lowest BCUT2D eigenvalue weighted by Crippen LogP contribution is -2.46. The van der Waals surface area contributed by atoms with Crippen LogP contribution < -0.4 is 10.2 Å². The summed E-state index contributed by atoms with van der Waals surface area (Å²) in [4.78, 5) is 6.63. The Morgan fingerprint density at radius 2 is 2.40 bits per heavy atom. The second kappa shape index (κ2) is 3.81. The van der Waals surface area contributed by atoms with Crippen LogP contribution in [0.1, 0.15) is 12.8 Å². The fourth-order valence-corrected chi connectivity index (χ4v) is 2.81. The lowest BCUT2D eigenvalue weighted by molar-refractivity contribution is 0.373. The van der Waals surface area contributed by atoms with Gasteiger partial charge in [-0.2, -0.15) is 0 Å². The van der Waals surface area contributed by atoms with Gasteiger partial charge in [-0.3, -0.25) is 4.98 Å². The molecule has 1 N–H and O–H groups in total. The van der Waals surface area contributed by atoms with E-state index >= 15 is 0 Å². The quantitative estimate of drug-likeness (QED) is 0.745. The van der Waals surface area contributed by atoms with Crippen LogP contribution in [0, 0.1) is 5.92 Å². The van der Waals surface area contributed by atoms with Crippen molar-refractivity contribution in [3.8, 4) is 0 Å². The molecule has 15 heavy (non-hydrogen) atoms. The molecule has 0 aromatic carbocycles. The van der Waals surface area contributed by atoms with Crippen molar-refractivity contribution in [1.29, 1.82) is 0 Å². The summed E-state index contributed by atoms with van der Waals surface area (Å²) in [5.41, 5.74) is 1.27. The largest absolute Gasteiger partial charge is 0.369 e. The van der Waals surface area contributed by atoms with E-state index in [0.717, 1.165) is 12.5 Å². The molecule has 2 aliphatic rings. The fraction of sp³-hybridized carbons (Fsp3) is 0.583. The number of hydrogen-bond acceptors (Lipinski definition) is 3. The van der Waals surface area contributed by atoms with Crippen molar-refractivity contribution in [1.82, 2.24) is 10.3 Å². The van der Waals surface area contributed by atoms with E-state index in [1.807, 2.05) is 18.5 Å². The second-order valence-corrected chi connectivity index (χ2v) is 4.56.